The van der Waals surface area contributed by atoms with E-state index < -0.39 is 97.1 Å². The molecule has 0 saturated carbocycles. The Balaban J connectivity index is 2.04. The number of amides is 6. The highest BCUT2D eigenvalue weighted by Crippen LogP contribution is 2.32. The van der Waals surface area contributed by atoms with Crippen molar-refractivity contribution in [3.8, 4) is 0 Å². The van der Waals surface area contributed by atoms with Crippen LogP contribution in [0, 0.1) is 12.1 Å². The van der Waals surface area contributed by atoms with Crippen molar-refractivity contribution in [3.63, 3.8) is 0 Å². The second-order valence-electron chi connectivity index (χ2n) is 11.8. The summed E-state index contributed by atoms with van der Waals surface area (Å²) in [7, 11) is 2.98. The monoisotopic (exact) mass is 650 g/mol. The van der Waals surface area contributed by atoms with Crippen LogP contribution in [-0.4, -0.2) is 109 Å². The number of hydrogen-bond donors (Lipinski definition) is 4. The Labute approximate surface area is 265 Å². The summed E-state index contributed by atoms with van der Waals surface area (Å²) in [6.07, 6.45) is -1.76. The summed E-state index contributed by atoms with van der Waals surface area (Å²) in [6.45, 7) is 3.91. The molecule has 1 unspecified atom stereocenters. The van der Waals surface area contributed by atoms with Crippen LogP contribution < -0.4 is 21.3 Å². The molecule has 0 spiro atoms. The fraction of sp³-hybridized carbons (Fsp3) is 0.567. The molecular formula is C30H40F2N6O8. The number of rotatable bonds is 13. The van der Waals surface area contributed by atoms with Crippen LogP contribution in [0.4, 0.5) is 13.6 Å². The Hall–Kier alpha value is -4.81. The molecule has 16 heteroatoms. The molecule has 1 aliphatic rings. The summed E-state index contributed by atoms with van der Waals surface area (Å²) in [4.78, 5) is 90.4. The van der Waals surface area contributed by atoms with Gasteiger partial charge in [0, 0.05) is 20.5 Å². The number of Topliss-reactive ketones (excluding diaryl/α,β-unsaturated/α-hetero) is 1. The van der Waals surface area contributed by atoms with E-state index in [1.807, 2.05) is 0 Å². The van der Waals surface area contributed by atoms with E-state index in [9.17, 15) is 42.3 Å². The highest BCUT2D eigenvalue weighted by atomic mass is 19.3. The summed E-state index contributed by atoms with van der Waals surface area (Å²) in [6, 6.07) is 5.62. The van der Waals surface area contributed by atoms with E-state index in [1.54, 1.807) is 33.8 Å². The molecule has 0 bridgehead atoms. The molecule has 1 aliphatic heterocycles. The predicted molar refractivity (Wildman–Crippen MR) is 158 cm³/mol. The van der Waals surface area contributed by atoms with Crippen molar-refractivity contribution < 1.29 is 47.1 Å². The van der Waals surface area contributed by atoms with Gasteiger partial charge in [-0.2, -0.15) is 0 Å². The molecule has 1 fully saturated rings. The molecule has 0 radical (unpaired) electrons. The summed E-state index contributed by atoms with van der Waals surface area (Å²) in [5.74, 6) is -9.16. The Morgan fingerprint density at radius 3 is 2.30 bits per heavy atom. The van der Waals surface area contributed by atoms with Gasteiger partial charge in [-0.1, -0.05) is 25.5 Å². The van der Waals surface area contributed by atoms with Crippen LogP contribution in [-0.2, 0) is 33.5 Å². The standard InChI is InChI=1S/C30H40F2N6O8/c1-7-11-19(24(41)26(43)33-15-21(39)36-23(27(44)37(5)6)18-12-9-8-10-13-18)35-25(42)20-14-30(31,32)17-38(20)22(40)16-34-28(45)46-29(2,3)4/h9,12-13,19-20,23H,7,11,14-17H2,1-6H3,(H,33,43)(H,34,45)(H,35,42)(H,36,39)/t19?,20-,23-/m0/s1. The number of hydrogen-bond acceptors (Lipinski definition) is 8. The first-order chi connectivity index (χ1) is 21.3. The van der Waals surface area contributed by atoms with Crippen molar-refractivity contribution in [2.75, 3.05) is 33.7 Å². The number of nitrogens with one attached hydrogen (secondary N) is 4. The van der Waals surface area contributed by atoms with Gasteiger partial charge in [0.1, 0.15) is 24.2 Å². The van der Waals surface area contributed by atoms with Gasteiger partial charge in [0.25, 0.3) is 11.8 Å². The average molecular weight is 651 g/mol. The van der Waals surface area contributed by atoms with Gasteiger partial charge < -0.3 is 35.8 Å². The minimum atomic E-state index is -3.43. The van der Waals surface area contributed by atoms with Gasteiger partial charge in [-0.15, -0.1) is 0 Å². The number of likely N-dealkylation sites (tertiary alicyclic amines) is 1. The highest BCUT2D eigenvalue weighted by molar-refractivity contribution is 6.38. The first kappa shape index (κ1) is 37.4. The zero-order chi connectivity index (χ0) is 34.8. The van der Waals surface area contributed by atoms with E-state index in [-0.39, 0.29) is 6.42 Å². The van der Waals surface area contributed by atoms with Crippen molar-refractivity contribution >= 4 is 41.4 Å². The molecule has 6 amide bonds. The lowest BCUT2D eigenvalue weighted by molar-refractivity contribution is -0.142. The Morgan fingerprint density at radius 2 is 1.74 bits per heavy atom. The Kier molecular flexibility index (Phi) is 13.0. The Bertz CT molecular complexity index is 1300. The highest BCUT2D eigenvalue weighted by Gasteiger charge is 2.50. The number of ketones is 1. The number of ether oxygens (including phenoxy) is 1. The molecule has 4 N–H and O–H groups in total. The molecule has 1 aromatic carbocycles. The van der Waals surface area contributed by atoms with E-state index in [2.05, 4.69) is 33.4 Å². The van der Waals surface area contributed by atoms with E-state index in [1.165, 1.54) is 31.1 Å². The van der Waals surface area contributed by atoms with Gasteiger partial charge in [-0.25, -0.2) is 13.6 Å². The molecule has 3 atom stereocenters. The van der Waals surface area contributed by atoms with E-state index >= 15 is 0 Å². The fourth-order valence-electron chi connectivity index (χ4n) is 4.40. The number of carbonyl (C=O) groups is 7. The van der Waals surface area contributed by atoms with E-state index in [0.29, 0.717) is 16.9 Å². The average Bonchev–Trinajstić information content (AvgIpc) is 3.31. The summed E-state index contributed by atoms with van der Waals surface area (Å²) in [5, 5.41) is 9.07. The van der Waals surface area contributed by atoms with Crippen LogP contribution in [0.2, 0.25) is 0 Å². The summed E-state index contributed by atoms with van der Waals surface area (Å²) >= 11 is 0. The third kappa shape index (κ3) is 11.3. The molecule has 46 heavy (non-hydrogen) atoms. The van der Waals surface area contributed by atoms with Crippen molar-refractivity contribution in [2.24, 2.45) is 0 Å². The molecule has 14 nitrogen and oxygen atoms in total. The van der Waals surface area contributed by atoms with Crippen LogP contribution in [0.25, 0.3) is 0 Å². The number of carbonyl (C=O) groups excluding carboxylic acids is 7. The lowest BCUT2D eigenvalue weighted by atomic mass is 10.0. The van der Waals surface area contributed by atoms with Crippen LogP contribution in [0.1, 0.15) is 58.6 Å². The Morgan fingerprint density at radius 1 is 1.07 bits per heavy atom. The zero-order valence-corrected chi connectivity index (χ0v) is 26.6. The number of alkyl halides is 2. The number of likely N-dealkylation sites (N-methyl/N-ethyl adjacent to an activating group) is 1. The van der Waals surface area contributed by atoms with Gasteiger partial charge in [0.15, 0.2) is 0 Å². The molecule has 0 aliphatic carbocycles. The van der Waals surface area contributed by atoms with Gasteiger partial charge >= 0.3 is 6.09 Å². The first-order valence-electron chi connectivity index (χ1n) is 14.5. The van der Waals surface area contributed by atoms with Gasteiger partial charge in [0.05, 0.1) is 19.1 Å². The number of nitrogens with zero attached hydrogens (tertiary/aromatic N) is 2. The van der Waals surface area contributed by atoms with Crippen LogP contribution in [0.5, 0.6) is 0 Å². The number of halogens is 2. The zero-order valence-electron chi connectivity index (χ0n) is 26.6. The maximum absolute atomic E-state index is 14.3. The van der Waals surface area contributed by atoms with Crippen molar-refractivity contribution in [1.82, 2.24) is 31.1 Å². The second-order valence-corrected chi connectivity index (χ2v) is 11.8. The van der Waals surface area contributed by atoms with Crippen molar-refractivity contribution in [3.05, 3.63) is 35.9 Å². The van der Waals surface area contributed by atoms with Crippen LogP contribution in [0.15, 0.2) is 18.2 Å². The first-order valence-corrected chi connectivity index (χ1v) is 14.5. The van der Waals surface area contributed by atoms with E-state index in [4.69, 9.17) is 4.74 Å². The maximum atomic E-state index is 14.3. The molecule has 1 heterocycles. The van der Waals surface area contributed by atoms with Gasteiger partial charge in [0.2, 0.25) is 29.4 Å². The molecule has 2 rings (SSSR count). The third-order valence-electron chi connectivity index (χ3n) is 6.53. The fourth-order valence-corrected chi connectivity index (χ4v) is 4.40. The van der Waals surface area contributed by atoms with Gasteiger partial charge in [-0.05, 0) is 51.0 Å². The minimum absolute atomic E-state index is 0.0532. The minimum Gasteiger partial charge on any atom is -0.444 e. The summed E-state index contributed by atoms with van der Waals surface area (Å²) < 4.78 is 33.7. The SMILES string of the molecule is CCCC(NC(=O)[C@@H]1CC(F)(F)CN1C(=O)CNC(=O)OC(C)(C)C)C(=O)C(=O)NCC(=O)N[C@H](C(=O)N(C)C)c1cc#ccc1. The molecule has 252 valence electrons. The van der Waals surface area contributed by atoms with Crippen LogP contribution >= 0.6 is 0 Å². The maximum Gasteiger partial charge on any atom is 0.408 e. The predicted octanol–water partition coefficient (Wildman–Crippen LogP) is 0.264. The number of alkyl carbamates (subject to hydrolysis) is 1. The lowest BCUT2D eigenvalue weighted by Gasteiger charge is -2.26. The third-order valence-corrected chi connectivity index (χ3v) is 6.53. The smallest absolute Gasteiger partial charge is 0.408 e. The van der Waals surface area contributed by atoms with Gasteiger partial charge in [-0.3, -0.25) is 28.8 Å². The lowest BCUT2D eigenvalue weighted by Crippen LogP contribution is -2.54. The van der Waals surface area contributed by atoms with Crippen molar-refractivity contribution in [2.45, 2.75) is 76.6 Å². The molecule has 1 aromatic rings. The quantitative estimate of drug-likeness (QED) is 0.219. The second kappa shape index (κ2) is 16.0. The van der Waals surface area contributed by atoms with Crippen molar-refractivity contribution in [1.29, 1.82) is 0 Å². The molecule has 1 saturated heterocycles. The van der Waals surface area contributed by atoms with Crippen LogP contribution in [0.3, 0.4) is 0 Å². The molecule has 0 aromatic heterocycles. The normalized spacial score (nSPS) is 16.6. The summed E-state index contributed by atoms with van der Waals surface area (Å²) in [5.41, 5.74) is -0.467. The van der Waals surface area contributed by atoms with E-state index in [0.717, 1.165) is 0 Å². The molecular weight excluding hydrogens is 610 g/mol. The largest absolute Gasteiger partial charge is 0.444 e. The topological polar surface area (TPSA) is 183 Å².